The predicted molar refractivity (Wildman–Crippen MR) is 119 cm³/mol. The first kappa shape index (κ1) is 28.9. The zero-order valence-corrected chi connectivity index (χ0v) is 21.3. The summed E-state index contributed by atoms with van der Waals surface area (Å²) in [7, 11) is -16.7. The van der Waals surface area contributed by atoms with Gasteiger partial charge in [0.1, 0.15) is 24.6 Å². The number of aromatic nitrogens is 4. The van der Waals surface area contributed by atoms with Crippen molar-refractivity contribution in [1.29, 1.82) is 0 Å². The second-order valence-corrected chi connectivity index (χ2v) is 12.1. The molecule has 0 saturated carbocycles. The zero-order valence-electron chi connectivity index (χ0n) is 18.6. The van der Waals surface area contributed by atoms with Crippen LogP contribution in [0.4, 0.5) is 5.82 Å². The number of imidazole rings is 1. The number of phosphoric ester groups is 1. The number of nitrogens with one attached hydrogen (secondary N) is 1. The van der Waals surface area contributed by atoms with Crippen molar-refractivity contribution < 1.29 is 61.4 Å². The van der Waals surface area contributed by atoms with Crippen LogP contribution in [0.1, 0.15) is 20.1 Å². The summed E-state index contributed by atoms with van der Waals surface area (Å²) in [5.74, 6) is 0.397. The lowest BCUT2D eigenvalue weighted by atomic mass is 10.1. The molecule has 2 aromatic heterocycles. The lowest BCUT2D eigenvalue weighted by molar-refractivity contribution is -0.0503. The van der Waals surface area contributed by atoms with Gasteiger partial charge in [0.05, 0.1) is 12.9 Å². The quantitative estimate of drug-likeness (QED) is 0.139. The van der Waals surface area contributed by atoms with Gasteiger partial charge in [-0.25, -0.2) is 28.6 Å². The summed E-state index contributed by atoms with van der Waals surface area (Å²) in [6, 6.07) is 0. The molecule has 0 bridgehead atoms. The molecule has 0 amide bonds. The van der Waals surface area contributed by atoms with E-state index in [0.29, 0.717) is 17.9 Å². The maximum atomic E-state index is 11.9. The monoisotopic (exact) mass is 575 g/mol. The van der Waals surface area contributed by atoms with E-state index in [2.05, 4.69) is 33.4 Å². The van der Waals surface area contributed by atoms with Crippen LogP contribution in [0.15, 0.2) is 24.3 Å². The van der Waals surface area contributed by atoms with E-state index in [4.69, 9.17) is 14.5 Å². The van der Waals surface area contributed by atoms with Gasteiger partial charge in [-0.2, -0.15) is 8.62 Å². The Morgan fingerprint density at radius 2 is 1.78 bits per heavy atom. The minimum atomic E-state index is -5.71. The molecule has 1 aliphatic rings. The number of hydrogen-bond acceptors (Lipinski definition) is 13. The number of rotatable bonds is 11. The Morgan fingerprint density at radius 1 is 1.08 bits per heavy atom. The Morgan fingerprint density at radius 3 is 2.42 bits per heavy atom. The van der Waals surface area contributed by atoms with Gasteiger partial charge >= 0.3 is 23.5 Å². The van der Waals surface area contributed by atoms with Crippen LogP contribution in [0.3, 0.4) is 0 Å². The number of fused-ring (bicyclic) bond motifs is 1. The first-order valence-corrected chi connectivity index (χ1v) is 14.5. The molecule has 0 spiro atoms. The topological polar surface area (TPSA) is 265 Å². The summed E-state index contributed by atoms with van der Waals surface area (Å²) in [5.41, 5.74) is 1.65. The molecule has 0 aliphatic carbocycles. The van der Waals surface area contributed by atoms with Crippen LogP contribution in [-0.4, -0.2) is 80.8 Å². The molecule has 3 rings (SSSR count). The van der Waals surface area contributed by atoms with Crippen molar-refractivity contribution >= 4 is 40.4 Å². The van der Waals surface area contributed by atoms with E-state index in [1.54, 1.807) is 0 Å². The molecule has 0 aromatic carbocycles. The lowest BCUT2D eigenvalue weighted by Crippen LogP contribution is -2.33. The van der Waals surface area contributed by atoms with Gasteiger partial charge in [0.25, 0.3) is 0 Å². The van der Waals surface area contributed by atoms with Crippen molar-refractivity contribution in [1.82, 2.24) is 19.5 Å². The molecule has 202 valence electrons. The van der Waals surface area contributed by atoms with Gasteiger partial charge in [-0.15, -0.1) is 0 Å². The van der Waals surface area contributed by atoms with Crippen LogP contribution < -0.4 is 5.32 Å². The average Bonchev–Trinajstić information content (AvgIpc) is 3.26. The fourth-order valence-corrected chi connectivity index (χ4v) is 6.12. The Hall–Kier alpha value is -1.62. The van der Waals surface area contributed by atoms with Crippen molar-refractivity contribution in [2.45, 2.75) is 38.4 Å². The minimum Gasteiger partial charge on any atom is -0.387 e. The highest BCUT2D eigenvalue weighted by Gasteiger charge is 2.47. The van der Waals surface area contributed by atoms with Crippen LogP contribution in [0.5, 0.6) is 0 Å². The van der Waals surface area contributed by atoms with E-state index in [-0.39, 0.29) is 5.65 Å². The molecule has 1 saturated heterocycles. The number of aliphatic hydroxyl groups excluding tert-OH is 2. The maximum absolute atomic E-state index is 11.9. The Balaban J connectivity index is 1.71. The molecule has 3 heterocycles. The number of hydrogen-bond donors (Lipinski definition) is 7. The van der Waals surface area contributed by atoms with Crippen LogP contribution in [0.25, 0.3) is 11.2 Å². The number of anilines is 1. The molecular formula is C15H24N5O13P3. The van der Waals surface area contributed by atoms with E-state index in [0.717, 1.165) is 5.57 Å². The van der Waals surface area contributed by atoms with Gasteiger partial charge in [0.2, 0.25) is 0 Å². The highest BCUT2D eigenvalue weighted by Crippen LogP contribution is 2.66. The first-order chi connectivity index (χ1) is 16.6. The summed E-state index contributed by atoms with van der Waals surface area (Å²) in [5, 5.41) is 23.9. The second-order valence-electron chi connectivity index (χ2n) is 7.64. The van der Waals surface area contributed by atoms with Gasteiger partial charge in [0, 0.05) is 6.54 Å². The van der Waals surface area contributed by atoms with Crippen molar-refractivity contribution in [3.05, 3.63) is 24.3 Å². The Bertz CT molecular complexity index is 1260. The average molecular weight is 575 g/mol. The number of nitrogens with zero attached hydrogens (tertiary/aromatic N) is 4. The molecule has 6 unspecified atom stereocenters. The molecule has 1 fully saturated rings. The number of aliphatic hydroxyl groups is 2. The third-order valence-corrected chi connectivity index (χ3v) is 8.37. The summed E-state index contributed by atoms with van der Waals surface area (Å²) < 4.78 is 52.6. The predicted octanol–water partition coefficient (Wildman–Crippen LogP) is 0.167. The molecule has 7 N–H and O–H groups in total. The number of ether oxygens (including phenoxy) is 1. The summed E-state index contributed by atoms with van der Waals surface area (Å²) in [6.07, 6.45) is -1.55. The zero-order chi connectivity index (χ0) is 26.9. The maximum Gasteiger partial charge on any atom is 0.490 e. The highest BCUT2D eigenvalue weighted by molar-refractivity contribution is 7.66. The number of allylic oxidation sites excluding steroid dienone is 1. The van der Waals surface area contributed by atoms with Crippen LogP contribution >= 0.6 is 23.5 Å². The molecule has 6 atom stereocenters. The normalized spacial score (nSPS) is 25.9. The van der Waals surface area contributed by atoms with Gasteiger partial charge in [-0.05, 0) is 13.8 Å². The SMILES string of the molecule is CC(C)=CCNc1ncnc2c1ncn2C1OC(COP(=O)(O)OP(=O)(O)OP(=O)(O)O)C(O)C1O. The van der Waals surface area contributed by atoms with Crippen molar-refractivity contribution in [3.63, 3.8) is 0 Å². The molecule has 0 radical (unpaired) electrons. The largest absolute Gasteiger partial charge is 0.490 e. The van der Waals surface area contributed by atoms with Crippen LogP contribution in [-0.2, 0) is 31.6 Å². The van der Waals surface area contributed by atoms with E-state index in [9.17, 15) is 33.7 Å². The van der Waals surface area contributed by atoms with E-state index < -0.39 is 54.6 Å². The van der Waals surface area contributed by atoms with Crippen molar-refractivity contribution in [3.8, 4) is 0 Å². The minimum absolute atomic E-state index is 0.231. The Kier molecular flexibility index (Phi) is 8.85. The van der Waals surface area contributed by atoms with Crippen LogP contribution in [0, 0.1) is 0 Å². The standard InChI is InChI=1S/C15H24N5O13P3/c1-8(2)3-4-16-13-10-14(18-6-17-13)20(7-19-10)15-12(22)11(21)9(31-15)5-30-35(26,27)33-36(28,29)32-34(23,24)25/h3,6-7,9,11-12,15,21-22H,4-5H2,1-2H3,(H,26,27)(H,28,29)(H,16,17,18)(H2,23,24,25). The molecule has 2 aromatic rings. The smallest absolute Gasteiger partial charge is 0.387 e. The molecular weight excluding hydrogens is 551 g/mol. The van der Waals surface area contributed by atoms with Crippen molar-refractivity contribution in [2.75, 3.05) is 18.5 Å². The van der Waals surface area contributed by atoms with E-state index in [1.165, 1.54) is 17.2 Å². The summed E-state index contributed by atoms with van der Waals surface area (Å²) in [6.45, 7) is 3.37. The van der Waals surface area contributed by atoms with Gasteiger partial charge in [-0.1, -0.05) is 11.6 Å². The Labute approximate surface area is 203 Å². The number of phosphoric acid groups is 3. The van der Waals surface area contributed by atoms with Gasteiger partial charge in [0.15, 0.2) is 23.2 Å². The molecule has 18 nitrogen and oxygen atoms in total. The van der Waals surface area contributed by atoms with Crippen LogP contribution in [0.2, 0.25) is 0 Å². The third-order valence-electron chi connectivity index (χ3n) is 4.57. The fourth-order valence-electron chi connectivity index (χ4n) is 3.09. The highest BCUT2D eigenvalue weighted by atomic mass is 31.3. The van der Waals surface area contributed by atoms with Gasteiger partial charge < -0.3 is 39.8 Å². The van der Waals surface area contributed by atoms with Crippen molar-refractivity contribution in [2.24, 2.45) is 0 Å². The summed E-state index contributed by atoms with van der Waals surface area (Å²) >= 11 is 0. The van der Waals surface area contributed by atoms with E-state index in [1.807, 2.05) is 19.9 Å². The second kappa shape index (κ2) is 11.0. The molecule has 1 aliphatic heterocycles. The van der Waals surface area contributed by atoms with E-state index >= 15 is 0 Å². The lowest BCUT2D eigenvalue weighted by Gasteiger charge is -2.19. The summed E-state index contributed by atoms with van der Waals surface area (Å²) in [4.78, 5) is 48.3. The third kappa shape index (κ3) is 7.46. The molecule has 21 heteroatoms. The fraction of sp³-hybridized carbons (Fsp3) is 0.533. The first-order valence-electron chi connectivity index (χ1n) is 9.93. The molecule has 36 heavy (non-hydrogen) atoms. The van der Waals surface area contributed by atoms with Gasteiger partial charge in [-0.3, -0.25) is 9.09 Å².